The van der Waals surface area contributed by atoms with Gasteiger partial charge in [0, 0.05) is 26.4 Å². The standard InChI is InChI=1S/C14H26N4O/c1-3-5-15-9-13-4-6-17(11-13)14-10-16-18(12-14)7-8-19-2/h10,12-13,15H,3-9,11H2,1-2H3. The highest BCUT2D eigenvalue weighted by molar-refractivity contribution is 5.43. The Morgan fingerprint density at radius 1 is 1.53 bits per heavy atom. The largest absolute Gasteiger partial charge is 0.383 e. The molecule has 1 atom stereocenters. The van der Waals surface area contributed by atoms with Crippen LogP contribution >= 0.6 is 0 Å². The lowest BCUT2D eigenvalue weighted by Gasteiger charge is -2.16. The maximum Gasteiger partial charge on any atom is 0.0752 e. The number of hydrogen-bond donors (Lipinski definition) is 1. The van der Waals surface area contributed by atoms with E-state index in [1.807, 2.05) is 10.9 Å². The summed E-state index contributed by atoms with van der Waals surface area (Å²) in [4.78, 5) is 2.44. The Kier molecular flexibility index (Phi) is 5.66. The summed E-state index contributed by atoms with van der Waals surface area (Å²) in [5, 5.41) is 7.90. The number of ether oxygens (including phenoxy) is 1. The van der Waals surface area contributed by atoms with E-state index in [0.717, 1.165) is 38.6 Å². The predicted octanol–water partition coefficient (Wildman–Crippen LogP) is 1.36. The Morgan fingerprint density at radius 2 is 2.42 bits per heavy atom. The van der Waals surface area contributed by atoms with Crippen molar-refractivity contribution < 1.29 is 4.74 Å². The molecular formula is C14H26N4O. The second-order valence-corrected chi connectivity index (χ2v) is 5.26. The van der Waals surface area contributed by atoms with Gasteiger partial charge in [0.2, 0.25) is 0 Å². The van der Waals surface area contributed by atoms with Gasteiger partial charge in [0.15, 0.2) is 0 Å². The van der Waals surface area contributed by atoms with Gasteiger partial charge >= 0.3 is 0 Å². The third kappa shape index (κ3) is 4.21. The summed E-state index contributed by atoms with van der Waals surface area (Å²) in [6.07, 6.45) is 6.58. The van der Waals surface area contributed by atoms with Crippen molar-refractivity contribution in [3.05, 3.63) is 12.4 Å². The van der Waals surface area contributed by atoms with Gasteiger partial charge in [-0.05, 0) is 31.8 Å². The van der Waals surface area contributed by atoms with Gasteiger partial charge < -0.3 is 15.0 Å². The number of anilines is 1. The third-order valence-electron chi connectivity index (χ3n) is 3.65. The number of hydrogen-bond acceptors (Lipinski definition) is 4. The van der Waals surface area contributed by atoms with Gasteiger partial charge in [0.05, 0.1) is 25.0 Å². The first-order valence-corrected chi connectivity index (χ1v) is 7.30. The monoisotopic (exact) mass is 266 g/mol. The average molecular weight is 266 g/mol. The van der Waals surface area contributed by atoms with Crippen molar-refractivity contribution in [3.8, 4) is 0 Å². The zero-order chi connectivity index (χ0) is 13.5. The Hall–Kier alpha value is -1.07. The minimum atomic E-state index is 0.713. The normalized spacial score (nSPS) is 19.3. The van der Waals surface area contributed by atoms with Crippen molar-refractivity contribution in [3.63, 3.8) is 0 Å². The molecule has 19 heavy (non-hydrogen) atoms. The molecule has 0 aliphatic carbocycles. The van der Waals surface area contributed by atoms with Crippen molar-refractivity contribution >= 4 is 5.69 Å². The smallest absolute Gasteiger partial charge is 0.0752 e. The fourth-order valence-corrected chi connectivity index (χ4v) is 2.54. The van der Waals surface area contributed by atoms with Crippen LogP contribution in [-0.4, -0.2) is 49.7 Å². The van der Waals surface area contributed by atoms with Crippen LogP contribution in [0.5, 0.6) is 0 Å². The number of aromatic nitrogens is 2. The molecule has 2 rings (SSSR count). The van der Waals surface area contributed by atoms with Gasteiger partial charge in [-0.25, -0.2) is 0 Å². The second kappa shape index (κ2) is 7.50. The Bertz CT molecular complexity index is 366. The highest BCUT2D eigenvalue weighted by atomic mass is 16.5. The molecule has 5 nitrogen and oxygen atoms in total. The van der Waals surface area contributed by atoms with E-state index in [0.29, 0.717) is 6.61 Å². The van der Waals surface area contributed by atoms with Gasteiger partial charge in [-0.3, -0.25) is 4.68 Å². The fourth-order valence-electron chi connectivity index (χ4n) is 2.54. The molecule has 1 aromatic rings. The van der Waals surface area contributed by atoms with Gasteiger partial charge in [-0.1, -0.05) is 6.92 Å². The van der Waals surface area contributed by atoms with E-state index in [1.54, 1.807) is 7.11 Å². The van der Waals surface area contributed by atoms with Crippen LogP contribution in [0.25, 0.3) is 0 Å². The molecule has 1 aliphatic rings. The molecule has 0 aromatic carbocycles. The highest BCUT2D eigenvalue weighted by Crippen LogP contribution is 2.22. The predicted molar refractivity (Wildman–Crippen MR) is 77.6 cm³/mol. The van der Waals surface area contributed by atoms with Crippen LogP contribution in [0.2, 0.25) is 0 Å². The van der Waals surface area contributed by atoms with E-state index in [9.17, 15) is 0 Å². The average Bonchev–Trinajstić information content (AvgIpc) is 3.05. The van der Waals surface area contributed by atoms with Crippen LogP contribution in [0, 0.1) is 5.92 Å². The summed E-state index contributed by atoms with van der Waals surface area (Å²) in [5.41, 5.74) is 1.24. The zero-order valence-corrected chi connectivity index (χ0v) is 12.1. The number of nitrogens with zero attached hydrogens (tertiary/aromatic N) is 3. The summed E-state index contributed by atoms with van der Waals surface area (Å²) in [6, 6.07) is 0. The van der Waals surface area contributed by atoms with E-state index in [4.69, 9.17) is 4.74 Å². The van der Waals surface area contributed by atoms with E-state index in [1.165, 1.54) is 18.5 Å². The Morgan fingerprint density at radius 3 is 3.21 bits per heavy atom. The van der Waals surface area contributed by atoms with Crippen LogP contribution in [0.1, 0.15) is 19.8 Å². The highest BCUT2D eigenvalue weighted by Gasteiger charge is 2.23. The molecule has 0 spiro atoms. The third-order valence-corrected chi connectivity index (χ3v) is 3.65. The maximum atomic E-state index is 5.07. The zero-order valence-electron chi connectivity index (χ0n) is 12.1. The number of methoxy groups -OCH3 is 1. The maximum absolute atomic E-state index is 5.07. The van der Waals surface area contributed by atoms with Gasteiger partial charge in [-0.15, -0.1) is 0 Å². The van der Waals surface area contributed by atoms with E-state index < -0.39 is 0 Å². The summed E-state index contributed by atoms with van der Waals surface area (Å²) in [7, 11) is 1.72. The summed E-state index contributed by atoms with van der Waals surface area (Å²) >= 11 is 0. The van der Waals surface area contributed by atoms with E-state index in [-0.39, 0.29) is 0 Å². The minimum Gasteiger partial charge on any atom is -0.383 e. The lowest BCUT2D eigenvalue weighted by molar-refractivity contribution is 0.183. The molecule has 1 fully saturated rings. The molecule has 5 heteroatoms. The van der Waals surface area contributed by atoms with Crippen molar-refractivity contribution in [2.75, 3.05) is 44.8 Å². The molecule has 1 aromatic heterocycles. The van der Waals surface area contributed by atoms with E-state index >= 15 is 0 Å². The Balaban J connectivity index is 1.78. The lowest BCUT2D eigenvalue weighted by atomic mass is 10.1. The summed E-state index contributed by atoms with van der Waals surface area (Å²) < 4.78 is 7.03. The van der Waals surface area contributed by atoms with Crippen LogP contribution in [0.4, 0.5) is 5.69 Å². The van der Waals surface area contributed by atoms with E-state index in [2.05, 4.69) is 28.4 Å². The molecular weight excluding hydrogens is 240 g/mol. The summed E-state index contributed by atoms with van der Waals surface area (Å²) in [5.74, 6) is 0.772. The molecule has 1 unspecified atom stereocenters. The molecule has 0 bridgehead atoms. The minimum absolute atomic E-state index is 0.713. The summed E-state index contributed by atoms with van der Waals surface area (Å²) in [6.45, 7) is 8.31. The van der Waals surface area contributed by atoms with Crippen molar-refractivity contribution in [2.24, 2.45) is 5.92 Å². The Labute approximate surface area is 115 Å². The number of nitrogens with one attached hydrogen (secondary N) is 1. The fraction of sp³-hybridized carbons (Fsp3) is 0.786. The van der Waals surface area contributed by atoms with Crippen LogP contribution < -0.4 is 10.2 Å². The molecule has 0 saturated carbocycles. The quantitative estimate of drug-likeness (QED) is 0.721. The van der Waals surface area contributed by atoms with Crippen LogP contribution in [0.15, 0.2) is 12.4 Å². The molecule has 1 N–H and O–H groups in total. The molecule has 0 radical (unpaired) electrons. The topological polar surface area (TPSA) is 42.3 Å². The second-order valence-electron chi connectivity index (χ2n) is 5.26. The first-order valence-electron chi connectivity index (χ1n) is 7.30. The van der Waals surface area contributed by atoms with Crippen molar-refractivity contribution in [2.45, 2.75) is 26.3 Å². The van der Waals surface area contributed by atoms with Crippen LogP contribution in [0.3, 0.4) is 0 Å². The van der Waals surface area contributed by atoms with Crippen LogP contribution in [-0.2, 0) is 11.3 Å². The van der Waals surface area contributed by atoms with Gasteiger partial charge in [0.1, 0.15) is 0 Å². The van der Waals surface area contributed by atoms with Crippen molar-refractivity contribution in [1.29, 1.82) is 0 Å². The molecule has 0 amide bonds. The van der Waals surface area contributed by atoms with Crippen molar-refractivity contribution in [1.82, 2.24) is 15.1 Å². The first-order chi connectivity index (χ1) is 9.33. The molecule has 108 valence electrons. The first kappa shape index (κ1) is 14.3. The molecule has 2 heterocycles. The molecule has 1 aliphatic heterocycles. The lowest BCUT2D eigenvalue weighted by Crippen LogP contribution is -2.26. The van der Waals surface area contributed by atoms with Gasteiger partial charge in [0.25, 0.3) is 0 Å². The van der Waals surface area contributed by atoms with Gasteiger partial charge in [-0.2, -0.15) is 5.10 Å². The SMILES string of the molecule is CCCNCC1CCN(c2cnn(CCOC)c2)C1. The molecule has 1 saturated heterocycles. The number of rotatable bonds is 8.